The van der Waals surface area contributed by atoms with Gasteiger partial charge >= 0.3 is 0 Å². The van der Waals surface area contributed by atoms with Crippen molar-refractivity contribution in [3.8, 4) is 0 Å². The summed E-state index contributed by atoms with van der Waals surface area (Å²) < 4.78 is 0. The molecule has 6 heteroatoms. The van der Waals surface area contributed by atoms with E-state index in [1.807, 2.05) is 0 Å². The molecule has 0 aromatic heterocycles. The number of amidine groups is 1. The van der Waals surface area contributed by atoms with E-state index in [4.69, 9.17) is 9.98 Å². The number of nitrogens with zero attached hydrogens (tertiary/aromatic N) is 4. The van der Waals surface area contributed by atoms with Crippen molar-refractivity contribution in [1.82, 2.24) is 0 Å². The number of piperidine rings is 2. The fourth-order valence-corrected chi connectivity index (χ4v) is 7.68. The van der Waals surface area contributed by atoms with Crippen LogP contribution in [0.2, 0.25) is 0 Å². The Kier molecular flexibility index (Phi) is 9.37. The second-order valence-corrected chi connectivity index (χ2v) is 14.5. The molecule has 2 saturated heterocycles. The molecule has 0 saturated carbocycles. The Balaban J connectivity index is 1.32. The third-order valence-corrected chi connectivity index (χ3v) is 10.0. The number of anilines is 4. The highest BCUT2D eigenvalue weighted by molar-refractivity contribution is 6.20. The monoisotopic (exact) mass is 628 g/mol. The highest BCUT2D eigenvalue weighted by atomic mass is 15.1. The van der Waals surface area contributed by atoms with E-state index in [0.717, 1.165) is 78.8 Å². The molecule has 1 unspecified atom stereocenters. The van der Waals surface area contributed by atoms with Crippen molar-refractivity contribution >= 4 is 40.0 Å². The van der Waals surface area contributed by atoms with Gasteiger partial charge in [-0.05, 0) is 139 Å². The van der Waals surface area contributed by atoms with Gasteiger partial charge in [0.1, 0.15) is 5.84 Å². The molecule has 1 aliphatic carbocycles. The molecule has 4 heterocycles. The van der Waals surface area contributed by atoms with Crippen molar-refractivity contribution < 1.29 is 0 Å². The summed E-state index contributed by atoms with van der Waals surface area (Å²) in [4.78, 5) is 15.9. The van der Waals surface area contributed by atoms with Crippen molar-refractivity contribution in [2.24, 2.45) is 15.9 Å². The van der Waals surface area contributed by atoms with Crippen molar-refractivity contribution in [1.29, 1.82) is 0 Å². The molecule has 0 radical (unpaired) electrons. The van der Waals surface area contributed by atoms with E-state index < -0.39 is 0 Å². The molecule has 246 valence electrons. The summed E-state index contributed by atoms with van der Waals surface area (Å²) in [6, 6.07) is 14.5. The van der Waals surface area contributed by atoms with Crippen LogP contribution in [0.1, 0.15) is 90.2 Å². The van der Waals surface area contributed by atoms with Crippen molar-refractivity contribution in [3.63, 3.8) is 0 Å². The van der Waals surface area contributed by atoms with Crippen LogP contribution in [0.15, 0.2) is 87.9 Å². The second kappa shape index (κ2) is 14.0. The summed E-state index contributed by atoms with van der Waals surface area (Å²) >= 11 is 0. The molecule has 2 aromatic carbocycles. The van der Waals surface area contributed by atoms with Gasteiger partial charge in [0.2, 0.25) is 0 Å². The number of allylic oxidation sites excluding steroid dienone is 6. The molecule has 6 nitrogen and oxygen atoms in total. The van der Waals surface area contributed by atoms with Crippen LogP contribution < -0.4 is 20.4 Å². The minimum Gasteiger partial charge on any atom is -0.382 e. The largest absolute Gasteiger partial charge is 0.382 e. The van der Waals surface area contributed by atoms with E-state index in [2.05, 4.69) is 115 Å². The lowest BCUT2D eigenvalue weighted by Crippen LogP contribution is -2.29. The van der Waals surface area contributed by atoms with E-state index in [-0.39, 0.29) is 5.92 Å². The highest BCUT2D eigenvalue weighted by Gasteiger charge is 2.29. The van der Waals surface area contributed by atoms with Crippen LogP contribution in [0.25, 0.3) is 5.70 Å². The van der Waals surface area contributed by atoms with E-state index in [0.29, 0.717) is 12.1 Å². The van der Waals surface area contributed by atoms with Crippen LogP contribution in [0.5, 0.6) is 0 Å². The predicted molar refractivity (Wildman–Crippen MR) is 203 cm³/mol. The molecule has 5 aliphatic rings. The van der Waals surface area contributed by atoms with E-state index in [9.17, 15) is 0 Å². The van der Waals surface area contributed by atoms with Crippen LogP contribution in [0, 0.1) is 5.92 Å². The molecule has 0 amide bonds. The number of fused-ring (bicyclic) bond motifs is 2. The Labute approximate surface area is 282 Å². The van der Waals surface area contributed by atoms with Gasteiger partial charge in [-0.2, -0.15) is 0 Å². The van der Waals surface area contributed by atoms with Gasteiger partial charge in [0, 0.05) is 78.1 Å². The van der Waals surface area contributed by atoms with Crippen LogP contribution >= 0.6 is 0 Å². The van der Waals surface area contributed by atoms with Gasteiger partial charge in [-0.15, -0.1) is 0 Å². The zero-order valence-electron chi connectivity index (χ0n) is 28.9. The van der Waals surface area contributed by atoms with Crippen molar-refractivity contribution in [2.45, 2.75) is 91.1 Å². The molecule has 2 fully saturated rings. The number of dihydropyridines is 1. The third kappa shape index (κ3) is 7.12. The lowest BCUT2D eigenvalue weighted by molar-refractivity contribution is 0.578. The Morgan fingerprint density at radius 3 is 1.91 bits per heavy atom. The van der Waals surface area contributed by atoms with Gasteiger partial charge < -0.3 is 20.4 Å². The fourth-order valence-electron chi connectivity index (χ4n) is 7.68. The maximum Gasteiger partial charge on any atom is 0.137 e. The van der Waals surface area contributed by atoms with Gasteiger partial charge in [-0.25, -0.2) is 9.98 Å². The minimum absolute atomic E-state index is 0.172. The first-order valence-corrected chi connectivity index (χ1v) is 18.2. The topological polar surface area (TPSA) is 55.3 Å². The first-order valence-electron chi connectivity index (χ1n) is 18.2. The molecule has 2 N–H and O–H groups in total. The predicted octanol–water partition coefficient (Wildman–Crippen LogP) is 9.38. The summed E-state index contributed by atoms with van der Waals surface area (Å²) in [5, 5.41) is 7.54. The molecular weight excluding hydrogens is 576 g/mol. The van der Waals surface area contributed by atoms with Gasteiger partial charge in [0.15, 0.2) is 0 Å². The molecule has 7 rings (SSSR count). The summed E-state index contributed by atoms with van der Waals surface area (Å²) in [6.45, 7) is 13.4. The van der Waals surface area contributed by atoms with Gasteiger partial charge in [0.05, 0.1) is 11.4 Å². The van der Waals surface area contributed by atoms with Gasteiger partial charge in [0.25, 0.3) is 0 Å². The summed E-state index contributed by atoms with van der Waals surface area (Å²) in [6.07, 6.45) is 21.1. The zero-order chi connectivity index (χ0) is 32.3. The Morgan fingerprint density at radius 2 is 1.30 bits per heavy atom. The van der Waals surface area contributed by atoms with Crippen LogP contribution in [0.4, 0.5) is 22.7 Å². The maximum absolute atomic E-state index is 5.47. The van der Waals surface area contributed by atoms with E-state index >= 15 is 0 Å². The molecule has 1 atom stereocenters. The molecular formula is C41H52N6. The number of hydrogen-bond acceptors (Lipinski definition) is 6. The van der Waals surface area contributed by atoms with Gasteiger partial charge in [-0.1, -0.05) is 18.2 Å². The molecule has 0 spiro atoms. The fraction of sp³-hybridized carbons (Fsp3) is 0.463. The molecule has 2 bridgehead atoms. The quantitative estimate of drug-likeness (QED) is 0.306. The second-order valence-electron chi connectivity index (χ2n) is 14.5. The van der Waals surface area contributed by atoms with Crippen molar-refractivity contribution in [2.75, 3.05) is 46.6 Å². The maximum atomic E-state index is 5.47. The normalized spacial score (nSPS) is 24.1. The highest BCUT2D eigenvalue weighted by Crippen LogP contribution is 2.39. The number of hydrogen-bond donors (Lipinski definition) is 2. The molecule has 4 aliphatic heterocycles. The molecule has 2 aromatic rings. The Hall–Kier alpha value is -4.06. The van der Waals surface area contributed by atoms with Crippen LogP contribution in [0.3, 0.4) is 0 Å². The number of rotatable bonds is 8. The SMILES string of the molecule is CC(C)Nc1cc(N2CCCCC2)ccc1C1=NC2=N\C(c3ccc(N4CCCCC4)cc3NC(C)C)=C/C3=C/C=C\C(=C1)C2CC3. The number of nitrogens with one attached hydrogen (secondary N) is 2. The Morgan fingerprint density at radius 1 is 0.702 bits per heavy atom. The first kappa shape index (κ1) is 31.5. The lowest BCUT2D eigenvalue weighted by atomic mass is 9.84. The van der Waals surface area contributed by atoms with Gasteiger partial charge in [-0.3, -0.25) is 0 Å². The first-order chi connectivity index (χ1) is 22.9. The standard InChI is InChI=1S/C41H52N6/c1-28(2)42-39-26-32(46-20-7-5-8-21-46)15-18-35(39)37-24-30-12-11-13-31-25-38(45-41(44-37)34(31)17-14-30)36-19-16-33(27-40(36)43-29(3)4)47-22-9-6-10-23-47/h11-13,15-16,18-19,24-29,34,42-43H,5-10,14,17,20-23H2,1-4H3/b12-11?,13-11-,30-12+,30-24?,31-13?,37-24-,44-37?,44-41?. The van der Waals surface area contributed by atoms with Crippen LogP contribution in [-0.2, 0) is 0 Å². The Bertz CT molecular complexity index is 1660. The molecule has 47 heavy (non-hydrogen) atoms. The number of aliphatic imine (C=N–C) groups is 2. The summed E-state index contributed by atoms with van der Waals surface area (Å²) in [5.41, 5.74) is 11.8. The van der Waals surface area contributed by atoms with Crippen LogP contribution in [-0.4, -0.2) is 49.8 Å². The van der Waals surface area contributed by atoms with E-state index in [1.165, 1.54) is 61.0 Å². The van der Waals surface area contributed by atoms with E-state index in [1.54, 1.807) is 0 Å². The third-order valence-electron chi connectivity index (χ3n) is 10.0. The smallest absolute Gasteiger partial charge is 0.137 e. The average Bonchev–Trinajstić information content (AvgIpc) is 3.05. The number of benzene rings is 2. The zero-order valence-corrected chi connectivity index (χ0v) is 28.9. The summed E-state index contributed by atoms with van der Waals surface area (Å²) in [7, 11) is 0. The van der Waals surface area contributed by atoms with Crippen molar-refractivity contribution in [3.05, 3.63) is 89.1 Å². The summed E-state index contributed by atoms with van der Waals surface area (Å²) in [5.74, 6) is 1.09. The lowest BCUT2D eigenvalue weighted by Gasteiger charge is -2.31. The average molecular weight is 629 g/mol. The minimum atomic E-state index is 0.172.